The van der Waals surface area contributed by atoms with Crippen molar-refractivity contribution in [3.05, 3.63) is 83.9 Å². The van der Waals surface area contributed by atoms with Gasteiger partial charge in [-0.05, 0) is 35.4 Å². The lowest BCUT2D eigenvalue weighted by Gasteiger charge is -2.11. The van der Waals surface area contributed by atoms with Gasteiger partial charge in [0.2, 0.25) is 0 Å². The van der Waals surface area contributed by atoms with Crippen molar-refractivity contribution in [3.63, 3.8) is 0 Å². The Morgan fingerprint density at radius 2 is 1.43 bits per heavy atom. The molecule has 0 fully saturated rings. The zero-order chi connectivity index (χ0) is 20.0. The SMILES string of the molecule is COc1ccc(S(=O)(=O)Cc2ccc(OCc3ccccc3)cc2)cc1OC. The molecule has 0 spiro atoms. The standard InChI is InChI=1S/C22H22O5S/c1-25-21-13-12-20(14-22(21)26-2)28(23,24)16-18-8-10-19(11-9-18)27-15-17-6-4-3-5-7-17/h3-14H,15-16H2,1-2H3. The van der Waals surface area contributed by atoms with Gasteiger partial charge in [-0.15, -0.1) is 0 Å². The molecule has 0 N–H and O–H groups in total. The first-order valence-electron chi connectivity index (χ1n) is 8.72. The number of benzene rings is 3. The van der Waals surface area contributed by atoms with Gasteiger partial charge in [0.05, 0.1) is 24.9 Å². The van der Waals surface area contributed by atoms with E-state index < -0.39 is 9.84 Å². The largest absolute Gasteiger partial charge is 0.493 e. The lowest BCUT2D eigenvalue weighted by molar-refractivity contribution is 0.306. The molecular weight excluding hydrogens is 376 g/mol. The quantitative estimate of drug-likeness (QED) is 0.567. The topological polar surface area (TPSA) is 61.8 Å². The molecule has 0 aromatic heterocycles. The Balaban J connectivity index is 1.69. The van der Waals surface area contributed by atoms with Crippen LogP contribution in [0.5, 0.6) is 17.2 Å². The van der Waals surface area contributed by atoms with Crippen molar-refractivity contribution >= 4 is 9.84 Å². The van der Waals surface area contributed by atoms with E-state index in [2.05, 4.69) is 0 Å². The number of ether oxygens (including phenoxy) is 3. The summed E-state index contributed by atoms with van der Waals surface area (Å²) >= 11 is 0. The molecule has 0 unspecified atom stereocenters. The Labute approximate surface area is 165 Å². The predicted octanol–water partition coefficient (Wildman–Crippen LogP) is 4.26. The third-order valence-electron chi connectivity index (χ3n) is 4.24. The van der Waals surface area contributed by atoms with E-state index in [-0.39, 0.29) is 10.6 Å². The predicted molar refractivity (Wildman–Crippen MR) is 108 cm³/mol. The summed E-state index contributed by atoms with van der Waals surface area (Å²) in [7, 11) is -0.533. The zero-order valence-corrected chi connectivity index (χ0v) is 16.6. The summed E-state index contributed by atoms with van der Waals surface area (Å²) in [5.74, 6) is 1.45. The Kier molecular flexibility index (Phi) is 6.21. The summed E-state index contributed by atoms with van der Waals surface area (Å²) in [6.45, 7) is 0.462. The highest BCUT2D eigenvalue weighted by molar-refractivity contribution is 7.90. The average Bonchev–Trinajstić information content (AvgIpc) is 2.73. The molecule has 0 bridgehead atoms. The van der Waals surface area contributed by atoms with Crippen molar-refractivity contribution in [3.8, 4) is 17.2 Å². The number of rotatable bonds is 8. The van der Waals surface area contributed by atoms with Crippen LogP contribution in [0.3, 0.4) is 0 Å². The Hall–Kier alpha value is -2.99. The summed E-state index contributed by atoms with van der Waals surface area (Å²) in [5, 5.41) is 0. The number of sulfone groups is 1. The maximum Gasteiger partial charge on any atom is 0.182 e. The molecular formula is C22H22O5S. The minimum absolute atomic E-state index is 0.110. The molecule has 0 aliphatic rings. The summed E-state index contributed by atoms with van der Waals surface area (Å²) in [4.78, 5) is 0.189. The maximum atomic E-state index is 12.7. The molecule has 0 saturated heterocycles. The lowest BCUT2D eigenvalue weighted by atomic mass is 10.2. The molecule has 0 heterocycles. The van der Waals surface area contributed by atoms with Gasteiger partial charge in [0, 0.05) is 6.07 Å². The molecule has 0 aliphatic heterocycles. The second-order valence-corrected chi connectivity index (χ2v) is 8.18. The van der Waals surface area contributed by atoms with Gasteiger partial charge in [-0.25, -0.2) is 8.42 Å². The van der Waals surface area contributed by atoms with Gasteiger partial charge < -0.3 is 14.2 Å². The normalized spacial score (nSPS) is 11.1. The highest BCUT2D eigenvalue weighted by Gasteiger charge is 2.18. The van der Waals surface area contributed by atoms with E-state index in [1.54, 1.807) is 30.3 Å². The van der Waals surface area contributed by atoms with Crippen molar-refractivity contribution < 1.29 is 22.6 Å². The van der Waals surface area contributed by atoms with Gasteiger partial charge >= 0.3 is 0 Å². The molecule has 0 radical (unpaired) electrons. The number of hydrogen-bond donors (Lipinski definition) is 0. The van der Waals surface area contributed by atoms with Crippen molar-refractivity contribution in [2.24, 2.45) is 0 Å². The highest BCUT2D eigenvalue weighted by Crippen LogP contribution is 2.30. The second-order valence-electron chi connectivity index (χ2n) is 6.19. The molecule has 3 rings (SSSR count). The molecule has 0 saturated carbocycles. The minimum Gasteiger partial charge on any atom is -0.493 e. The Morgan fingerprint density at radius 1 is 0.750 bits per heavy atom. The highest BCUT2D eigenvalue weighted by atomic mass is 32.2. The van der Waals surface area contributed by atoms with E-state index in [0.29, 0.717) is 29.4 Å². The molecule has 146 valence electrons. The summed E-state index contributed by atoms with van der Waals surface area (Å²) in [6, 6.07) is 21.5. The van der Waals surface area contributed by atoms with Crippen LogP contribution in [0, 0.1) is 0 Å². The monoisotopic (exact) mass is 398 g/mol. The van der Waals surface area contributed by atoms with Crippen LogP contribution in [0.2, 0.25) is 0 Å². The summed E-state index contributed by atoms with van der Waals surface area (Å²) in [5.41, 5.74) is 1.75. The molecule has 0 atom stereocenters. The van der Waals surface area contributed by atoms with Gasteiger partial charge in [-0.2, -0.15) is 0 Å². The number of hydrogen-bond acceptors (Lipinski definition) is 5. The molecule has 6 heteroatoms. The molecule has 0 aliphatic carbocycles. The molecule has 5 nitrogen and oxygen atoms in total. The van der Waals surface area contributed by atoms with Crippen molar-refractivity contribution in [1.29, 1.82) is 0 Å². The molecule has 3 aromatic rings. The molecule has 0 amide bonds. The summed E-state index contributed by atoms with van der Waals surface area (Å²) in [6.07, 6.45) is 0. The van der Waals surface area contributed by atoms with Crippen LogP contribution in [0.4, 0.5) is 0 Å². The first kappa shape index (κ1) is 19.8. The van der Waals surface area contributed by atoms with E-state index in [1.165, 1.54) is 26.4 Å². The molecule has 3 aromatic carbocycles. The fraction of sp³-hybridized carbons (Fsp3) is 0.182. The Bertz CT molecular complexity index is 1010. The first-order chi connectivity index (χ1) is 13.5. The first-order valence-corrected chi connectivity index (χ1v) is 10.4. The summed E-state index contributed by atoms with van der Waals surface area (Å²) < 4.78 is 41.6. The minimum atomic E-state index is -3.52. The van der Waals surface area contributed by atoms with Gasteiger partial charge in [0.15, 0.2) is 21.3 Å². The Morgan fingerprint density at radius 3 is 2.07 bits per heavy atom. The van der Waals surface area contributed by atoms with Crippen LogP contribution < -0.4 is 14.2 Å². The van der Waals surface area contributed by atoms with E-state index >= 15 is 0 Å². The van der Waals surface area contributed by atoms with E-state index in [0.717, 1.165) is 5.56 Å². The maximum absolute atomic E-state index is 12.7. The van der Waals surface area contributed by atoms with Crippen molar-refractivity contribution in [2.45, 2.75) is 17.3 Å². The third kappa shape index (κ3) is 4.84. The van der Waals surface area contributed by atoms with Crippen LogP contribution in [0.1, 0.15) is 11.1 Å². The van der Waals surface area contributed by atoms with Crippen molar-refractivity contribution in [1.82, 2.24) is 0 Å². The van der Waals surface area contributed by atoms with Gasteiger partial charge in [-0.1, -0.05) is 42.5 Å². The fourth-order valence-corrected chi connectivity index (χ4v) is 4.10. The molecule has 28 heavy (non-hydrogen) atoms. The van der Waals surface area contributed by atoms with Gasteiger partial charge in [-0.3, -0.25) is 0 Å². The second kappa shape index (κ2) is 8.80. The smallest absolute Gasteiger partial charge is 0.182 e. The van der Waals surface area contributed by atoms with E-state index in [9.17, 15) is 8.42 Å². The van der Waals surface area contributed by atoms with E-state index in [1.807, 2.05) is 30.3 Å². The average molecular weight is 398 g/mol. The van der Waals surface area contributed by atoms with Crippen LogP contribution in [0.25, 0.3) is 0 Å². The van der Waals surface area contributed by atoms with Gasteiger partial charge in [0.25, 0.3) is 0 Å². The van der Waals surface area contributed by atoms with E-state index in [4.69, 9.17) is 14.2 Å². The third-order valence-corrected chi connectivity index (χ3v) is 5.93. The van der Waals surface area contributed by atoms with Crippen LogP contribution >= 0.6 is 0 Å². The lowest BCUT2D eigenvalue weighted by Crippen LogP contribution is -2.06. The number of methoxy groups -OCH3 is 2. The van der Waals surface area contributed by atoms with Crippen LogP contribution in [0.15, 0.2) is 77.7 Å². The fourth-order valence-electron chi connectivity index (χ4n) is 2.74. The van der Waals surface area contributed by atoms with Crippen molar-refractivity contribution in [2.75, 3.05) is 14.2 Å². The zero-order valence-electron chi connectivity index (χ0n) is 15.8. The van der Waals surface area contributed by atoms with Crippen LogP contribution in [-0.2, 0) is 22.2 Å². The van der Waals surface area contributed by atoms with Gasteiger partial charge in [0.1, 0.15) is 12.4 Å². The van der Waals surface area contributed by atoms with Crippen LogP contribution in [-0.4, -0.2) is 22.6 Å².